The summed E-state index contributed by atoms with van der Waals surface area (Å²) < 4.78 is 43.9. The molecule has 2 aromatic rings. The van der Waals surface area contributed by atoms with E-state index < -0.39 is 34.9 Å². The number of hydrogen-bond acceptors (Lipinski definition) is 5. The van der Waals surface area contributed by atoms with E-state index in [1.54, 1.807) is 7.05 Å². The summed E-state index contributed by atoms with van der Waals surface area (Å²) in [5.41, 5.74) is -1.33. The number of nitrogens with zero attached hydrogens (tertiary/aromatic N) is 3. The molecule has 1 N–H and O–H groups in total. The highest BCUT2D eigenvalue weighted by atomic mass is 35.5. The molecule has 2 bridgehead atoms. The minimum absolute atomic E-state index is 0.0155. The van der Waals surface area contributed by atoms with Crippen LogP contribution in [0.5, 0.6) is 5.75 Å². The molecule has 5 rings (SSSR count). The largest absolute Gasteiger partial charge is 0.484 e. The van der Waals surface area contributed by atoms with Gasteiger partial charge in [-0.3, -0.25) is 14.6 Å². The van der Waals surface area contributed by atoms with Crippen LogP contribution in [-0.4, -0.2) is 51.4 Å². The molecule has 3 saturated carbocycles. The van der Waals surface area contributed by atoms with Crippen molar-refractivity contribution in [3.05, 3.63) is 52.8 Å². The molecular formula is C20H18ClF3N4O3. The summed E-state index contributed by atoms with van der Waals surface area (Å²) in [7, 11) is 1.62. The lowest BCUT2D eigenvalue weighted by Crippen LogP contribution is -2.83. The molecule has 3 fully saturated rings. The van der Waals surface area contributed by atoms with Gasteiger partial charge in [0, 0.05) is 24.2 Å². The lowest BCUT2D eigenvalue weighted by Gasteiger charge is -2.72. The normalized spacial score (nSPS) is 23.5. The first-order valence-electron chi connectivity index (χ1n) is 9.40. The first-order valence-corrected chi connectivity index (χ1v) is 9.78. The third kappa shape index (κ3) is 3.91. The minimum Gasteiger partial charge on any atom is -0.484 e. The fourth-order valence-electron chi connectivity index (χ4n) is 4.22. The second-order valence-electron chi connectivity index (χ2n) is 7.94. The van der Waals surface area contributed by atoms with Crippen LogP contribution in [0.1, 0.15) is 41.9 Å². The number of benzene rings is 1. The van der Waals surface area contributed by atoms with Crippen molar-refractivity contribution >= 4 is 23.4 Å². The molecule has 3 aliphatic rings. The van der Waals surface area contributed by atoms with Crippen molar-refractivity contribution < 1.29 is 27.5 Å². The molecule has 1 aromatic carbocycles. The maximum Gasteiger partial charge on any atom is 0.281 e. The molecule has 0 saturated heterocycles. The maximum atomic E-state index is 13.4. The molecule has 11 heteroatoms. The fraction of sp³-hybridized carbons (Fsp3) is 0.400. The van der Waals surface area contributed by atoms with E-state index in [4.69, 9.17) is 16.3 Å². The second kappa shape index (κ2) is 7.67. The Hall–Kier alpha value is -2.88. The predicted octanol–water partition coefficient (Wildman–Crippen LogP) is 3.15. The van der Waals surface area contributed by atoms with Gasteiger partial charge in [-0.15, -0.1) is 0 Å². The van der Waals surface area contributed by atoms with Gasteiger partial charge in [0.25, 0.3) is 18.2 Å². The molecule has 0 atom stereocenters. The number of rotatable bonds is 7. The predicted molar refractivity (Wildman–Crippen MR) is 103 cm³/mol. The Morgan fingerprint density at radius 1 is 1.26 bits per heavy atom. The number of carbonyl (C=O) groups is 2. The fourth-order valence-corrected chi connectivity index (χ4v) is 4.34. The highest BCUT2D eigenvalue weighted by molar-refractivity contribution is 6.30. The third-order valence-corrected chi connectivity index (χ3v) is 6.11. The van der Waals surface area contributed by atoms with Gasteiger partial charge in [-0.2, -0.15) is 0 Å². The van der Waals surface area contributed by atoms with E-state index in [0.29, 0.717) is 19.3 Å². The number of nitrogens with one attached hydrogen (secondary N) is 1. The number of ether oxygens (including phenoxy) is 1. The van der Waals surface area contributed by atoms with Crippen LogP contribution in [0.25, 0.3) is 0 Å². The molecule has 164 valence electrons. The van der Waals surface area contributed by atoms with E-state index >= 15 is 0 Å². The summed E-state index contributed by atoms with van der Waals surface area (Å²) >= 11 is 5.61. The molecule has 7 nitrogen and oxygen atoms in total. The average Bonchev–Trinajstić information content (AvgIpc) is 2.69. The zero-order valence-electron chi connectivity index (χ0n) is 16.4. The van der Waals surface area contributed by atoms with Crippen molar-refractivity contribution in [1.29, 1.82) is 0 Å². The highest BCUT2D eigenvalue weighted by Gasteiger charge is 2.71. The number of halogens is 4. The maximum absolute atomic E-state index is 13.4. The SMILES string of the molecule is CN(C(=O)c1cnc(C(F)F)cn1)C12CC(NC(=O)COc3ccc(Cl)c(F)c3)(C1)C2. The molecule has 0 aliphatic heterocycles. The van der Waals surface area contributed by atoms with Crippen LogP contribution >= 0.6 is 11.6 Å². The second-order valence-corrected chi connectivity index (χ2v) is 8.35. The molecule has 0 spiro atoms. The zero-order valence-corrected chi connectivity index (χ0v) is 17.1. The molecule has 0 unspecified atom stereocenters. The Bertz CT molecular complexity index is 1020. The van der Waals surface area contributed by atoms with Gasteiger partial charge in [0.2, 0.25) is 0 Å². The van der Waals surface area contributed by atoms with Crippen molar-refractivity contribution in [2.75, 3.05) is 13.7 Å². The van der Waals surface area contributed by atoms with Crippen molar-refractivity contribution in [3.63, 3.8) is 0 Å². The van der Waals surface area contributed by atoms with Crippen LogP contribution in [0.15, 0.2) is 30.6 Å². The molecule has 1 aromatic heterocycles. The molecule has 1 heterocycles. The van der Waals surface area contributed by atoms with Crippen LogP contribution in [0.3, 0.4) is 0 Å². The Balaban J connectivity index is 1.28. The number of alkyl halides is 2. The van der Waals surface area contributed by atoms with Crippen molar-refractivity contribution in [3.8, 4) is 5.75 Å². The lowest BCUT2D eigenvalue weighted by atomic mass is 9.43. The van der Waals surface area contributed by atoms with Gasteiger partial charge < -0.3 is 15.0 Å². The summed E-state index contributed by atoms with van der Waals surface area (Å²) in [6.45, 7) is -0.281. The van der Waals surface area contributed by atoms with Crippen LogP contribution in [0.4, 0.5) is 13.2 Å². The Morgan fingerprint density at radius 2 is 1.97 bits per heavy atom. The van der Waals surface area contributed by atoms with Gasteiger partial charge in [0.15, 0.2) is 6.61 Å². The minimum atomic E-state index is -2.75. The van der Waals surface area contributed by atoms with E-state index in [1.165, 1.54) is 17.0 Å². The standard InChI is InChI=1S/C20H18ClF3N4O3/c1-28(18(30)15-6-25-14(5-26-15)17(23)24)20-8-19(9-20,10-20)27-16(29)7-31-11-2-3-12(21)13(22)4-11/h2-6,17H,7-10H2,1H3,(H,27,29). The number of amides is 2. The van der Waals surface area contributed by atoms with Crippen LogP contribution in [0.2, 0.25) is 5.02 Å². The van der Waals surface area contributed by atoms with Gasteiger partial charge in [-0.1, -0.05) is 11.6 Å². The Labute approximate surface area is 180 Å². The van der Waals surface area contributed by atoms with Crippen molar-refractivity contribution in [2.45, 2.75) is 36.8 Å². The number of carbonyl (C=O) groups excluding carboxylic acids is 2. The van der Waals surface area contributed by atoms with Crippen molar-refractivity contribution in [2.24, 2.45) is 0 Å². The van der Waals surface area contributed by atoms with E-state index in [1.807, 2.05) is 0 Å². The first-order chi connectivity index (χ1) is 14.6. The number of hydrogen-bond donors (Lipinski definition) is 1. The third-order valence-electron chi connectivity index (χ3n) is 5.80. The summed E-state index contributed by atoms with van der Waals surface area (Å²) in [5, 5.41) is 2.86. The molecule has 2 amide bonds. The Morgan fingerprint density at radius 3 is 2.55 bits per heavy atom. The van der Waals surface area contributed by atoms with Crippen LogP contribution in [0, 0.1) is 5.82 Å². The number of aromatic nitrogens is 2. The van der Waals surface area contributed by atoms with Crippen LogP contribution < -0.4 is 10.1 Å². The van der Waals surface area contributed by atoms with Gasteiger partial charge in [-0.05, 0) is 31.4 Å². The van der Waals surface area contributed by atoms with Crippen molar-refractivity contribution in [1.82, 2.24) is 20.2 Å². The van der Waals surface area contributed by atoms with E-state index in [-0.39, 0.29) is 29.0 Å². The molecule has 0 radical (unpaired) electrons. The molecule has 3 aliphatic carbocycles. The van der Waals surface area contributed by atoms with Gasteiger partial charge in [-0.25, -0.2) is 18.2 Å². The summed E-state index contributed by atoms with van der Waals surface area (Å²) in [5.74, 6) is -1.22. The monoisotopic (exact) mass is 454 g/mol. The Kier molecular flexibility index (Phi) is 5.28. The first kappa shape index (κ1) is 21.4. The molecule has 31 heavy (non-hydrogen) atoms. The van der Waals surface area contributed by atoms with E-state index in [0.717, 1.165) is 18.5 Å². The topological polar surface area (TPSA) is 84.4 Å². The van der Waals surface area contributed by atoms with Gasteiger partial charge in [0.05, 0.1) is 17.4 Å². The van der Waals surface area contributed by atoms with Gasteiger partial charge >= 0.3 is 0 Å². The van der Waals surface area contributed by atoms with E-state index in [9.17, 15) is 22.8 Å². The van der Waals surface area contributed by atoms with Gasteiger partial charge in [0.1, 0.15) is 23.0 Å². The average molecular weight is 455 g/mol. The quantitative estimate of drug-likeness (QED) is 0.694. The summed E-state index contributed by atoms with van der Waals surface area (Å²) in [6, 6.07) is 3.90. The zero-order chi connectivity index (χ0) is 22.4. The molecular weight excluding hydrogens is 437 g/mol. The lowest BCUT2D eigenvalue weighted by molar-refractivity contribution is -0.165. The summed E-state index contributed by atoms with van der Waals surface area (Å²) in [6.07, 6.45) is 0.866. The highest BCUT2D eigenvalue weighted by Crippen LogP contribution is 2.63. The van der Waals surface area contributed by atoms with Crippen LogP contribution in [-0.2, 0) is 4.79 Å². The smallest absolute Gasteiger partial charge is 0.281 e. The van der Waals surface area contributed by atoms with E-state index in [2.05, 4.69) is 15.3 Å². The summed E-state index contributed by atoms with van der Waals surface area (Å²) in [4.78, 5) is 33.7.